The molecule has 0 aliphatic rings. The van der Waals surface area contributed by atoms with E-state index in [1.165, 1.54) is 0 Å². The van der Waals surface area contributed by atoms with Crippen LogP contribution >= 0.6 is 0 Å². The van der Waals surface area contributed by atoms with E-state index < -0.39 is 0 Å². The van der Waals surface area contributed by atoms with Gasteiger partial charge in [0.25, 0.3) is 0 Å². The third kappa shape index (κ3) is 3.67. The molecule has 0 amide bonds. The minimum absolute atomic E-state index is 0.183. The Morgan fingerprint density at radius 2 is 2.25 bits per heavy atom. The lowest BCUT2D eigenvalue weighted by Gasteiger charge is -2.22. The van der Waals surface area contributed by atoms with Crippen LogP contribution in [-0.2, 0) is 0 Å². The average Bonchev–Trinajstić information content (AvgIpc) is 2.28. The van der Waals surface area contributed by atoms with Crippen molar-refractivity contribution >= 4 is 11.5 Å². The molecular weight excluding hydrogens is 204 g/mol. The summed E-state index contributed by atoms with van der Waals surface area (Å²) in [6.07, 6.45) is 2.42. The summed E-state index contributed by atoms with van der Waals surface area (Å²) in [5.41, 5.74) is 3.46. The van der Waals surface area contributed by atoms with E-state index in [-0.39, 0.29) is 12.6 Å². The standard InChI is InChI=1S/C11H20N4O/c1-8(2)10(4-6-16)14-9-3-5-13-11(7-9)15-12/h3,5,7-8,10,16H,4,6,12H2,1-2H3,(H2,13,14,15). The third-order valence-electron chi connectivity index (χ3n) is 2.50. The van der Waals surface area contributed by atoms with Crippen molar-refractivity contribution in [3.8, 4) is 0 Å². The van der Waals surface area contributed by atoms with Gasteiger partial charge in [0.1, 0.15) is 5.82 Å². The van der Waals surface area contributed by atoms with Gasteiger partial charge in [0, 0.05) is 30.6 Å². The topological polar surface area (TPSA) is 83.2 Å². The molecule has 1 atom stereocenters. The van der Waals surface area contributed by atoms with Gasteiger partial charge in [-0.25, -0.2) is 10.8 Å². The van der Waals surface area contributed by atoms with Crippen LogP contribution in [0.1, 0.15) is 20.3 Å². The van der Waals surface area contributed by atoms with Crippen LogP contribution in [0.15, 0.2) is 18.3 Å². The van der Waals surface area contributed by atoms with Crippen LogP contribution in [-0.4, -0.2) is 22.7 Å². The molecule has 90 valence electrons. The van der Waals surface area contributed by atoms with Crippen molar-refractivity contribution in [2.75, 3.05) is 17.3 Å². The zero-order valence-electron chi connectivity index (χ0n) is 9.77. The van der Waals surface area contributed by atoms with Crippen LogP contribution in [0.4, 0.5) is 11.5 Å². The number of nitrogen functional groups attached to an aromatic ring is 1. The van der Waals surface area contributed by atoms with E-state index in [0.29, 0.717) is 11.7 Å². The summed E-state index contributed by atoms with van der Waals surface area (Å²) >= 11 is 0. The molecular formula is C11H20N4O. The molecule has 0 fully saturated rings. The molecule has 1 rings (SSSR count). The SMILES string of the molecule is CC(C)C(CCO)Nc1ccnc(NN)c1. The zero-order valence-corrected chi connectivity index (χ0v) is 9.77. The van der Waals surface area contributed by atoms with E-state index in [1.54, 1.807) is 6.20 Å². The van der Waals surface area contributed by atoms with Gasteiger partial charge in [0.2, 0.25) is 0 Å². The maximum Gasteiger partial charge on any atom is 0.141 e. The van der Waals surface area contributed by atoms with Gasteiger partial charge in [0.05, 0.1) is 0 Å². The summed E-state index contributed by atoms with van der Waals surface area (Å²) in [6, 6.07) is 3.97. The second-order valence-electron chi connectivity index (χ2n) is 4.08. The van der Waals surface area contributed by atoms with Gasteiger partial charge < -0.3 is 15.8 Å². The molecule has 0 saturated carbocycles. The van der Waals surface area contributed by atoms with Gasteiger partial charge in [-0.05, 0) is 18.4 Å². The molecule has 0 aromatic carbocycles. The number of nitrogens with two attached hydrogens (primary N) is 1. The fourth-order valence-corrected chi connectivity index (χ4v) is 1.52. The average molecular weight is 224 g/mol. The lowest BCUT2D eigenvalue weighted by Crippen LogP contribution is -2.26. The van der Waals surface area contributed by atoms with Crippen LogP contribution in [0, 0.1) is 5.92 Å². The summed E-state index contributed by atoms with van der Waals surface area (Å²) < 4.78 is 0. The summed E-state index contributed by atoms with van der Waals surface area (Å²) in [6.45, 7) is 4.43. The van der Waals surface area contributed by atoms with Crippen molar-refractivity contribution in [1.29, 1.82) is 0 Å². The Labute approximate surface area is 96.0 Å². The number of pyridine rings is 1. The Kier molecular flexibility index (Phi) is 5.01. The third-order valence-corrected chi connectivity index (χ3v) is 2.50. The van der Waals surface area contributed by atoms with E-state index in [1.807, 2.05) is 12.1 Å². The van der Waals surface area contributed by atoms with Gasteiger partial charge in [-0.1, -0.05) is 13.8 Å². The number of rotatable bonds is 6. The molecule has 0 aliphatic heterocycles. The predicted molar refractivity (Wildman–Crippen MR) is 66.0 cm³/mol. The zero-order chi connectivity index (χ0) is 12.0. The number of aromatic nitrogens is 1. The maximum absolute atomic E-state index is 8.98. The molecule has 0 aliphatic carbocycles. The quantitative estimate of drug-likeness (QED) is 0.431. The molecule has 5 nitrogen and oxygen atoms in total. The lowest BCUT2D eigenvalue weighted by atomic mass is 10.0. The Hall–Kier alpha value is -1.33. The number of anilines is 2. The molecule has 5 heteroatoms. The predicted octanol–water partition coefficient (Wildman–Crippen LogP) is 1.19. The molecule has 1 heterocycles. The first-order chi connectivity index (χ1) is 7.67. The first-order valence-electron chi connectivity index (χ1n) is 5.47. The summed E-state index contributed by atoms with van der Waals surface area (Å²) in [5, 5.41) is 12.3. The van der Waals surface area contributed by atoms with Gasteiger partial charge in [0.15, 0.2) is 0 Å². The molecule has 16 heavy (non-hydrogen) atoms. The first kappa shape index (κ1) is 12.7. The molecule has 5 N–H and O–H groups in total. The minimum atomic E-state index is 0.183. The lowest BCUT2D eigenvalue weighted by molar-refractivity contribution is 0.267. The Morgan fingerprint density at radius 1 is 1.50 bits per heavy atom. The normalized spacial score (nSPS) is 12.6. The smallest absolute Gasteiger partial charge is 0.141 e. The van der Waals surface area contributed by atoms with Crippen molar-refractivity contribution in [2.24, 2.45) is 11.8 Å². The molecule has 0 saturated heterocycles. The van der Waals surface area contributed by atoms with Crippen molar-refractivity contribution in [3.63, 3.8) is 0 Å². The summed E-state index contributed by atoms with van der Waals surface area (Å²) in [7, 11) is 0. The Morgan fingerprint density at radius 3 is 2.81 bits per heavy atom. The maximum atomic E-state index is 8.98. The minimum Gasteiger partial charge on any atom is -0.396 e. The van der Waals surface area contributed by atoms with E-state index in [9.17, 15) is 0 Å². The number of hydrogen-bond donors (Lipinski definition) is 4. The van der Waals surface area contributed by atoms with Gasteiger partial charge >= 0.3 is 0 Å². The molecule has 1 unspecified atom stereocenters. The van der Waals surface area contributed by atoms with E-state index >= 15 is 0 Å². The molecule has 0 bridgehead atoms. The number of nitrogens with one attached hydrogen (secondary N) is 2. The second kappa shape index (κ2) is 6.30. The highest BCUT2D eigenvalue weighted by molar-refractivity contribution is 5.51. The van der Waals surface area contributed by atoms with Crippen molar-refractivity contribution in [3.05, 3.63) is 18.3 Å². The van der Waals surface area contributed by atoms with Gasteiger partial charge in [-0.15, -0.1) is 0 Å². The van der Waals surface area contributed by atoms with Crippen molar-refractivity contribution in [1.82, 2.24) is 4.98 Å². The fraction of sp³-hybridized carbons (Fsp3) is 0.545. The van der Waals surface area contributed by atoms with Crippen LogP contribution < -0.4 is 16.6 Å². The largest absolute Gasteiger partial charge is 0.396 e. The highest BCUT2D eigenvalue weighted by Crippen LogP contribution is 2.16. The van der Waals surface area contributed by atoms with Crippen LogP contribution in [0.2, 0.25) is 0 Å². The van der Waals surface area contributed by atoms with E-state index in [0.717, 1.165) is 12.1 Å². The molecule has 0 radical (unpaired) electrons. The number of nitrogens with zero attached hydrogens (tertiary/aromatic N) is 1. The summed E-state index contributed by atoms with van der Waals surface area (Å²) in [5.74, 6) is 6.36. The van der Waals surface area contributed by atoms with Crippen molar-refractivity contribution < 1.29 is 5.11 Å². The number of hydrazine groups is 1. The second-order valence-corrected chi connectivity index (χ2v) is 4.08. The highest BCUT2D eigenvalue weighted by atomic mass is 16.3. The van der Waals surface area contributed by atoms with Crippen LogP contribution in [0.25, 0.3) is 0 Å². The Bertz CT molecular complexity index is 317. The molecule has 1 aromatic heterocycles. The Balaban J connectivity index is 2.68. The molecule has 1 aromatic rings. The summed E-state index contributed by atoms with van der Waals surface area (Å²) in [4.78, 5) is 4.03. The van der Waals surface area contributed by atoms with Crippen molar-refractivity contribution in [2.45, 2.75) is 26.3 Å². The number of hydrogen-bond acceptors (Lipinski definition) is 5. The highest BCUT2D eigenvalue weighted by Gasteiger charge is 2.12. The number of aliphatic hydroxyl groups excluding tert-OH is 1. The monoisotopic (exact) mass is 224 g/mol. The van der Waals surface area contributed by atoms with Gasteiger partial charge in [-0.2, -0.15) is 0 Å². The van der Waals surface area contributed by atoms with E-state index in [2.05, 4.69) is 29.6 Å². The first-order valence-corrected chi connectivity index (χ1v) is 5.47. The fourth-order valence-electron chi connectivity index (χ4n) is 1.52. The molecule has 0 spiro atoms. The van der Waals surface area contributed by atoms with Crippen LogP contribution in [0.3, 0.4) is 0 Å². The number of aliphatic hydroxyl groups is 1. The van der Waals surface area contributed by atoms with E-state index in [4.69, 9.17) is 10.9 Å². The van der Waals surface area contributed by atoms with Gasteiger partial charge in [-0.3, -0.25) is 0 Å². The van der Waals surface area contributed by atoms with Crippen LogP contribution in [0.5, 0.6) is 0 Å².